The molecule has 0 bridgehead atoms. The Bertz CT molecular complexity index is 673. The van der Waals surface area contributed by atoms with Gasteiger partial charge in [-0.1, -0.05) is 76.8 Å². The van der Waals surface area contributed by atoms with Crippen LogP contribution in [0.5, 0.6) is 0 Å². The summed E-state index contributed by atoms with van der Waals surface area (Å²) in [4.78, 5) is 27.0. The van der Waals surface area contributed by atoms with Crippen molar-refractivity contribution in [3.05, 3.63) is 35.9 Å². The van der Waals surface area contributed by atoms with Gasteiger partial charge in [0.25, 0.3) is 0 Å². The van der Waals surface area contributed by atoms with Gasteiger partial charge < -0.3 is 9.84 Å². The van der Waals surface area contributed by atoms with Crippen LogP contribution in [-0.4, -0.2) is 39.8 Å². The molecule has 29 heavy (non-hydrogen) atoms. The van der Waals surface area contributed by atoms with E-state index in [9.17, 15) is 14.7 Å². The van der Waals surface area contributed by atoms with Crippen molar-refractivity contribution in [1.82, 2.24) is 4.90 Å². The number of hydrogen-bond donors (Lipinski definition) is 1. The lowest BCUT2D eigenvalue weighted by Crippen LogP contribution is -2.50. The highest BCUT2D eigenvalue weighted by atomic mass is 16.6. The molecule has 162 valence electrons. The normalized spacial score (nSPS) is 21.5. The lowest BCUT2D eigenvalue weighted by atomic mass is 9.87. The summed E-state index contributed by atoms with van der Waals surface area (Å²) in [6.07, 6.45) is 4.55. The Labute approximate surface area is 175 Å². The summed E-state index contributed by atoms with van der Waals surface area (Å²) in [5, 5.41) is 10.8. The minimum atomic E-state index is -0.780. The molecule has 1 aromatic carbocycles. The van der Waals surface area contributed by atoms with Gasteiger partial charge in [-0.15, -0.1) is 0 Å². The van der Waals surface area contributed by atoms with E-state index in [0.29, 0.717) is 6.42 Å². The molecule has 1 N–H and O–H groups in total. The summed E-state index contributed by atoms with van der Waals surface area (Å²) in [6, 6.07) is 9.39. The zero-order valence-electron chi connectivity index (χ0n) is 18.6. The van der Waals surface area contributed by atoms with Crippen LogP contribution in [0.2, 0.25) is 0 Å². The third kappa shape index (κ3) is 5.81. The number of hydrogen-bond acceptors (Lipinski definition) is 4. The van der Waals surface area contributed by atoms with Crippen molar-refractivity contribution in [2.24, 2.45) is 11.8 Å². The summed E-state index contributed by atoms with van der Waals surface area (Å²) in [7, 11) is 0. The van der Waals surface area contributed by atoms with Crippen LogP contribution in [0.4, 0.5) is 4.79 Å². The van der Waals surface area contributed by atoms with Crippen molar-refractivity contribution in [2.45, 2.75) is 90.9 Å². The number of imide groups is 1. The summed E-state index contributed by atoms with van der Waals surface area (Å²) in [5.41, 5.74) is 0.262. The lowest BCUT2D eigenvalue weighted by molar-refractivity contribution is -0.138. The second kappa shape index (κ2) is 10.2. The molecule has 0 aromatic heterocycles. The van der Waals surface area contributed by atoms with E-state index in [2.05, 4.69) is 6.92 Å². The van der Waals surface area contributed by atoms with E-state index in [1.807, 2.05) is 51.1 Å². The number of aliphatic hydroxyl groups is 1. The van der Waals surface area contributed by atoms with Crippen LogP contribution >= 0.6 is 0 Å². The first-order chi connectivity index (χ1) is 13.7. The molecule has 4 atom stereocenters. The Hall–Kier alpha value is -1.88. The number of carbonyl (C=O) groups is 2. The maximum absolute atomic E-state index is 13.2. The molecule has 0 saturated carbocycles. The Morgan fingerprint density at radius 1 is 1.17 bits per heavy atom. The molecule has 2 amide bonds. The number of rotatable bonds is 10. The standard InChI is InChI=1S/C24H37NO4/c1-6-7-8-10-13-17(2)21(26)18(3)22(27)25-20(24(4,5)29-23(25)28)16-19-14-11-9-12-15-19/h9,11-12,14-15,17-18,20-21,26H,6-8,10,13,16H2,1-5H3/t17-,18+,20-,21+/m0/s1. The van der Waals surface area contributed by atoms with Gasteiger partial charge in [0.2, 0.25) is 5.91 Å². The van der Waals surface area contributed by atoms with E-state index in [-0.39, 0.29) is 11.8 Å². The van der Waals surface area contributed by atoms with Crippen LogP contribution in [0.1, 0.15) is 72.3 Å². The monoisotopic (exact) mass is 403 g/mol. The highest BCUT2D eigenvalue weighted by Gasteiger charge is 2.51. The smallest absolute Gasteiger partial charge is 0.417 e. The number of nitrogens with zero attached hydrogens (tertiary/aromatic N) is 1. The van der Waals surface area contributed by atoms with Crippen LogP contribution in [0.25, 0.3) is 0 Å². The SMILES string of the molecule is CCCCCC[C@H](C)[C@@H](O)[C@@H](C)C(=O)N1C(=O)OC(C)(C)[C@@H]1Cc1ccccc1. The minimum Gasteiger partial charge on any atom is -0.441 e. The second-order valence-electron chi connectivity index (χ2n) is 8.99. The zero-order chi connectivity index (χ0) is 21.6. The number of cyclic esters (lactones) is 1. The molecule has 0 radical (unpaired) electrons. The van der Waals surface area contributed by atoms with Crippen LogP contribution in [0.15, 0.2) is 30.3 Å². The van der Waals surface area contributed by atoms with Crippen molar-refractivity contribution >= 4 is 12.0 Å². The lowest BCUT2D eigenvalue weighted by Gasteiger charge is -2.31. The molecule has 1 fully saturated rings. The summed E-state index contributed by atoms with van der Waals surface area (Å²) >= 11 is 0. The minimum absolute atomic E-state index is 0.00464. The third-order valence-corrected chi connectivity index (χ3v) is 6.17. The van der Waals surface area contributed by atoms with Crippen molar-refractivity contribution in [2.75, 3.05) is 0 Å². The first-order valence-electron chi connectivity index (χ1n) is 11.0. The van der Waals surface area contributed by atoms with Gasteiger partial charge in [-0.2, -0.15) is 0 Å². The molecule has 5 nitrogen and oxygen atoms in total. The summed E-state index contributed by atoms with van der Waals surface area (Å²) in [5.74, 6) is -1.00. The molecule has 1 aromatic rings. The highest BCUT2D eigenvalue weighted by molar-refractivity contribution is 5.95. The van der Waals surface area contributed by atoms with Crippen LogP contribution in [0, 0.1) is 11.8 Å². The highest BCUT2D eigenvalue weighted by Crippen LogP contribution is 2.34. The first kappa shape index (κ1) is 23.4. The van der Waals surface area contributed by atoms with Crippen molar-refractivity contribution in [3.8, 4) is 0 Å². The average Bonchev–Trinajstić information content (AvgIpc) is 2.92. The molecule has 1 heterocycles. The molecule has 0 spiro atoms. The van der Waals surface area contributed by atoms with E-state index < -0.39 is 29.8 Å². The van der Waals surface area contributed by atoms with Gasteiger partial charge in [0.15, 0.2) is 0 Å². The van der Waals surface area contributed by atoms with Crippen LogP contribution in [0.3, 0.4) is 0 Å². The molecular formula is C24H37NO4. The van der Waals surface area contributed by atoms with E-state index in [1.165, 1.54) is 17.7 Å². The second-order valence-corrected chi connectivity index (χ2v) is 8.99. The Kier molecular flexibility index (Phi) is 8.26. The van der Waals surface area contributed by atoms with Gasteiger partial charge in [0.1, 0.15) is 5.60 Å². The van der Waals surface area contributed by atoms with E-state index in [4.69, 9.17) is 4.74 Å². The van der Waals surface area contributed by atoms with Crippen LogP contribution < -0.4 is 0 Å². The fourth-order valence-corrected chi connectivity index (χ4v) is 4.12. The maximum atomic E-state index is 13.2. The van der Waals surface area contributed by atoms with Crippen LogP contribution in [-0.2, 0) is 16.0 Å². The predicted octanol–water partition coefficient (Wildman–Crippen LogP) is 4.96. The summed E-state index contributed by atoms with van der Waals surface area (Å²) in [6.45, 7) is 9.54. The van der Waals surface area contributed by atoms with Crippen molar-refractivity contribution in [3.63, 3.8) is 0 Å². The quantitative estimate of drug-likeness (QED) is 0.561. The van der Waals surface area contributed by atoms with Gasteiger partial charge in [0.05, 0.1) is 18.1 Å². The number of aliphatic hydroxyl groups excluding tert-OH is 1. The fraction of sp³-hybridized carbons (Fsp3) is 0.667. The zero-order valence-corrected chi connectivity index (χ0v) is 18.6. The molecular weight excluding hydrogens is 366 g/mol. The Morgan fingerprint density at radius 2 is 1.83 bits per heavy atom. The van der Waals surface area contributed by atoms with Crippen molar-refractivity contribution < 1.29 is 19.4 Å². The predicted molar refractivity (Wildman–Crippen MR) is 114 cm³/mol. The Balaban J connectivity index is 2.10. The molecule has 1 aliphatic rings. The molecule has 1 saturated heterocycles. The fourth-order valence-electron chi connectivity index (χ4n) is 4.12. The van der Waals surface area contributed by atoms with Gasteiger partial charge in [-0.3, -0.25) is 4.79 Å². The van der Waals surface area contributed by atoms with Gasteiger partial charge >= 0.3 is 6.09 Å². The van der Waals surface area contributed by atoms with E-state index in [0.717, 1.165) is 24.8 Å². The largest absolute Gasteiger partial charge is 0.441 e. The first-order valence-corrected chi connectivity index (χ1v) is 11.0. The Morgan fingerprint density at radius 3 is 2.45 bits per heavy atom. The van der Waals surface area contributed by atoms with Gasteiger partial charge in [0, 0.05) is 0 Å². The topological polar surface area (TPSA) is 66.8 Å². The van der Waals surface area contributed by atoms with Gasteiger partial charge in [-0.25, -0.2) is 9.69 Å². The van der Waals surface area contributed by atoms with Crippen molar-refractivity contribution in [1.29, 1.82) is 0 Å². The number of amides is 2. The average molecular weight is 404 g/mol. The molecule has 2 rings (SSSR count). The summed E-state index contributed by atoms with van der Waals surface area (Å²) < 4.78 is 5.53. The third-order valence-electron chi connectivity index (χ3n) is 6.17. The molecule has 5 heteroatoms. The number of unbranched alkanes of at least 4 members (excludes halogenated alkanes) is 3. The van der Waals surface area contributed by atoms with Gasteiger partial charge in [-0.05, 0) is 38.2 Å². The van der Waals surface area contributed by atoms with E-state index >= 15 is 0 Å². The molecule has 1 aliphatic heterocycles. The molecule has 0 aliphatic carbocycles. The maximum Gasteiger partial charge on any atom is 0.417 e. The number of carbonyl (C=O) groups excluding carboxylic acids is 2. The number of benzene rings is 1. The van der Waals surface area contributed by atoms with E-state index in [1.54, 1.807) is 6.92 Å². The number of ether oxygens (including phenoxy) is 1. The molecule has 0 unspecified atom stereocenters.